The first-order valence-corrected chi connectivity index (χ1v) is 9.75. The van der Waals surface area contributed by atoms with E-state index in [1.54, 1.807) is 12.4 Å². The van der Waals surface area contributed by atoms with E-state index in [0.29, 0.717) is 23.4 Å². The lowest BCUT2D eigenvalue weighted by molar-refractivity contribution is -0.106. The van der Waals surface area contributed by atoms with Gasteiger partial charge in [-0.05, 0) is 31.7 Å². The Kier molecular flexibility index (Phi) is 5.39. The van der Waals surface area contributed by atoms with E-state index in [1.165, 1.54) is 6.07 Å². The average molecular weight is 397 g/mol. The molecule has 3 aromatic heterocycles. The molecule has 0 spiro atoms. The Balaban J connectivity index is 0.000000645. The van der Waals surface area contributed by atoms with Crippen LogP contribution in [0.1, 0.15) is 31.2 Å². The maximum absolute atomic E-state index is 14.3. The number of amides is 1. The predicted octanol–water partition coefficient (Wildman–Crippen LogP) is 1.71. The zero-order valence-corrected chi connectivity index (χ0v) is 16.3. The molecule has 4 heterocycles. The van der Waals surface area contributed by atoms with E-state index in [2.05, 4.69) is 32.8 Å². The van der Waals surface area contributed by atoms with Crippen LogP contribution in [0.4, 0.5) is 10.2 Å². The highest BCUT2D eigenvalue weighted by atomic mass is 19.1. The molecule has 0 bridgehead atoms. The predicted molar refractivity (Wildman–Crippen MR) is 108 cm³/mol. The Hall–Kier alpha value is -3.07. The van der Waals surface area contributed by atoms with Crippen LogP contribution in [-0.2, 0) is 4.79 Å². The van der Waals surface area contributed by atoms with E-state index in [4.69, 9.17) is 9.78 Å². The highest BCUT2D eigenvalue weighted by Gasteiger charge is 2.28. The van der Waals surface area contributed by atoms with Crippen molar-refractivity contribution in [3.63, 3.8) is 0 Å². The van der Waals surface area contributed by atoms with Gasteiger partial charge in [0.2, 0.25) is 6.41 Å². The van der Waals surface area contributed by atoms with E-state index in [1.807, 2.05) is 16.7 Å². The van der Waals surface area contributed by atoms with Crippen LogP contribution in [-0.4, -0.2) is 51.4 Å². The second kappa shape index (κ2) is 8.12. The molecule has 1 atom stereocenters. The lowest BCUT2D eigenvalue weighted by Crippen LogP contribution is -2.50. The Morgan fingerprint density at radius 3 is 2.86 bits per heavy atom. The molecule has 3 N–H and O–H groups in total. The summed E-state index contributed by atoms with van der Waals surface area (Å²) in [5.41, 5.74) is 6.32. The van der Waals surface area contributed by atoms with Crippen LogP contribution in [0.5, 0.6) is 0 Å². The Labute approximate surface area is 168 Å². The van der Waals surface area contributed by atoms with Crippen LogP contribution in [0.25, 0.3) is 17.2 Å². The number of fused-ring (bicyclic) bond motifs is 1. The maximum atomic E-state index is 14.3. The molecule has 5 rings (SSSR count). The van der Waals surface area contributed by atoms with E-state index in [-0.39, 0.29) is 12.2 Å². The van der Waals surface area contributed by atoms with Crippen LogP contribution in [0.15, 0.2) is 30.7 Å². The molecule has 1 aliphatic heterocycles. The zero-order valence-electron chi connectivity index (χ0n) is 16.3. The quantitative estimate of drug-likeness (QED) is 0.653. The number of aromatic nitrogens is 4. The van der Waals surface area contributed by atoms with Crippen molar-refractivity contribution in [3.05, 3.63) is 42.1 Å². The molecule has 0 radical (unpaired) electrons. The van der Waals surface area contributed by atoms with Gasteiger partial charge < -0.3 is 16.0 Å². The molecule has 1 saturated carbocycles. The third-order valence-corrected chi connectivity index (χ3v) is 5.31. The van der Waals surface area contributed by atoms with Crippen molar-refractivity contribution in [2.75, 3.05) is 24.5 Å². The van der Waals surface area contributed by atoms with Gasteiger partial charge >= 0.3 is 0 Å². The van der Waals surface area contributed by atoms with Gasteiger partial charge in [0.15, 0.2) is 5.82 Å². The molecular weight excluding hydrogens is 373 g/mol. The van der Waals surface area contributed by atoms with E-state index >= 15 is 0 Å². The number of halogens is 1. The van der Waals surface area contributed by atoms with Gasteiger partial charge in [0.1, 0.15) is 23.0 Å². The monoisotopic (exact) mass is 397 g/mol. The molecule has 3 aromatic rings. The third-order valence-electron chi connectivity index (χ3n) is 5.31. The van der Waals surface area contributed by atoms with Gasteiger partial charge in [-0.3, -0.25) is 9.20 Å². The summed E-state index contributed by atoms with van der Waals surface area (Å²) in [5.74, 6) is 1.71. The number of nitrogens with one attached hydrogen (secondary N) is 1. The van der Waals surface area contributed by atoms with Gasteiger partial charge in [-0.1, -0.05) is 0 Å². The average Bonchev–Trinajstić information content (AvgIpc) is 3.48. The number of primary amides is 1. The number of rotatable bonds is 3. The van der Waals surface area contributed by atoms with Crippen LogP contribution >= 0.6 is 0 Å². The van der Waals surface area contributed by atoms with Crippen molar-refractivity contribution < 1.29 is 9.18 Å². The minimum atomic E-state index is -0.165. The minimum Gasteiger partial charge on any atom is -0.372 e. The van der Waals surface area contributed by atoms with Crippen molar-refractivity contribution >= 4 is 17.9 Å². The number of hydrogen-bond donors (Lipinski definition) is 2. The number of hydrogen-bond acceptors (Lipinski definition) is 6. The summed E-state index contributed by atoms with van der Waals surface area (Å²) in [4.78, 5) is 24.5. The van der Waals surface area contributed by atoms with Gasteiger partial charge in [0, 0.05) is 49.7 Å². The number of carbonyl (C=O) groups excluding carboxylic acids is 1. The first kappa shape index (κ1) is 19.3. The summed E-state index contributed by atoms with van der Waals surface area (Å²) >= 11 is 0. The van der Waals surface area contributed by atoms with Crippen LogP contribution in [0.3, 0.4) is 0 Å². The molecule has 1 amide bonds. The number of anilines is 1. The van der Waals surface area contributed by atoms with Crippen molar-refractivity contribution in [2.24, 2.45) is 5.73 Å². The Morgan fingerprint density at radius 1 is 1.34 bits per heavy atom. The number of carbonyl (C=O) groups is 1. The molecule has 1 unspecified atom stereocenters. The molecule has 2 fully saturated rings. The van der Waals surface area contributed by atoms with E-state index < -0.39 is 0 Å². The normalized spacial score (nSPS) is 19.0. The summed E-state index contributed by atoms with van der Waals surface area (Å²) in [6.45, 7) is 5.00. The van der Waals surface area contributed by atoms with Crippen LogP contribution < -0.4 is 16.0 Å². The Bertz CT molecular complexity index is 1020. The summed E-state index contributed by atoms with van der Waals surface area (Å²) < 4.78 is 16.2. The smallest absolute Gasteiger partial charge is 0.204 e. The highest BCUT2D eigenvalue weighted by Crippen LogP contribution is 2.41. The third kappa shape index (κ3) is 3.91. The molecule has 0 aromatic carbocycles. The lowest BCUT2D eigenvalue weighted by Gasteiger charge is -2.34. The van der Waals surface area contributed by atoms with Crippen molar-refractivity contribution in [2.45, 2.75) is 31.7 Å². The fourth-order valence-corrected chi connectivity index (χ4v) is 3.69. The first-order valence-electron chi connectivity index (χ1n) is 9.75. The number of piperazine rings is 1. The molecule has 1 aliphatic carbocycles. The van der Waals surface area contributed by atoms with Gasteiger partial charge in [0.05, 0.1) is 6.20 Å². The Morgan fingerprint density at radius 2 is 2.14 bits per heavy atom. The first-order chi connectivity index (χ1) is 14.1. The summed E-state index contributed by atoms with van der Waals surface area (Å²) in [6.07, 6.45) is 7.75. The van der Waals surface area contributed by atoms with Crippen molar-refractivity contribution in [1.82, 2.24) is 24.7 Å². The lowest BCUT2D eigenvalue weighted by atomic mass is 10.2. The molecule has 1 saturated heterocycles. The second-order valence-electron chi connectivity index (χ2n) is 7.34. The van der Waals surface area contributed by atoms with Crippen LogP contribution in [0.2, 0.25) is 0 Å². The number of nitrogens with two attached hydrogens (primary N) is 1. The summed E-state index contributed by atoms with van der Waals surface area (Å²) in [5, 5.41) is 3.39. The second-order valence-corrected chi connectivity index (χ2v) is 7.34. The SMILES string of the molecule is CC1CNCCN1c1ccnc(-c2cnc3cc(F)c(C4CC4)cn23)n1.NC=O. The fourth-order valence-electron chi connectivity index (χ4n) is 3.69. The van der Waals surface area contributed by atoms with Gasteiger partial charge in [0.25, 0.3) is 0 Å². The van der Waals surface area contributed by atoms with Gasteiger partial charge in [-0.2, -0.15) is 0 Å². The summed E-state index contributed by atoms with van der Waals surface area (Å²) in [7, 11) is 0. The summed E-state index contributed by atoms with van der Waals surface area (Å²) in [6, 6.07) is 3.84. The molecule has 9 heteroatoms. The highest BCUT2D eigenvalue weighted by molar-refractivity contribution is 5.59. The van der Waals surface area contributed by atoms with Gasteiger partial charge in [-0.25, -0.2) is 19.3 Å². The molecule has 2 aliphatic rings. The molecule has 29 heavy (non-hydrogen) atoms. The maximum Gasteiger partial charge on any atom is 0.204 e. The number of nitrogens with zero attached hydrogens (tertiary/aromatic N) is 5. The van der Waals surface area contributed by atoms with E-state index in [9.17, 15) is 4.39 Å². The topological polar surface area (TPSA) is 101 Å². The fraction of sp³-hybridized carbons (Fsp3) is 0.400. The molecule has 152 valence electrons. The largest absolute Gasteiger partial charge is 0.372 e. The molecule has 8 nitrogen and oxygen atoms in total. The zero-order chi connectivity index (χ0) is 20.4. The standard InChI is InChI=1S/C19H21FN6.CH3NO/c1-12-9-21-6-7-25(12)17-4-5-22-19(24-17)16-10-23-18-8-15(20)14(11-26(16)18)13-2-3-13;2-1-3/h4-5,8,10-13,21H,2-3,6-7,9H2,1H3;1H,(H2,2,3). The van der Waals surface area contributed by atoms with Crippen molar-refractivity contribution in [3.8, 4) is 11.5 Å². The molecular formula is C20H24FN7O. The number of pyridine rings is 1. The van der Waals surface area contributed by atoms with Crippen molar-refractivity contribution in [1.29, 1.82) is 0 Å². The van der Waals surface area contributed by atoms with Crippen LogP contribution in [0, 0.1) is 5.82 Å². The van der Waals surface area contributed by atoms with E-state index in [0.717, 1.165) is 49.6 Å². The number of imidazole rings is 1. The minimum absolute atomic E-state index is 0.165. The van der Waals surface area contributed by atoms with Gasteiger partial charge in [-0.15, -0.1) is 0 Å².